The molecule has 0 unspecified atom stereocenters. The van der Waals surface area contributed by atoms with Crippen molar-refractivity contribution in [1.82, 2.24) is 0 Å². The number of carbonyl (C=O) groups excluding carboxylic acids is 1. The second-order valence-electron chi connectivity index (χ2n) is 2.85. The largest absolute Gasteiger partial charge is 0.480 e. The highest BCUT2D eigenvalue weighted by molar-refractivity contribution is 7.80. The van der Waals surface area contributed by atoms with E-state index >= 15 is 0 Å². The monoisotopic (exact) mass is 249 g/mol. The van der Waals surface area contributed by atoms with Gasteiger partial charge in [-0.05, 0) is 6.42 Å². The normalized spacial score (nSPS) is 10.7. The molecule has 5 nitrogen and oxygen atoms in total. The summed E-state index contributed by atoms with van der Waals surface area (Å²) in [6.07, 6.45) is 3.15. The molecule has 0 spiro atoms. The van der Waals surface area contributed by atoms with Gasteiger partial charge in [-0.3, -0.25) is 4.79 Å². The lowest BCUT2D eigenvalue weighted by Gasteiger charge is -1.97. The van der Waals surface area contributed by atoms with Crippen LogP contribution in [0.1, 0.15) is 19.8 Å². The molecule has 0 rings (SSSR count). The molecule has 0 aromatic rings. The third-order valence-electron chi connectivity index (χ3n) is 1.42. The predicted octanol–water partition coefficient (Wildman–Crippen LogP) is 0.844. The minimum atomic E-state index is -1.00. The zero-order valence-electron chi connectivity index (χ0n) is 9.39. The smallest absolute Gasteiger partial charge is 0.330 e. The van der Waals surface area contributed by atoms with Gasteiger partial charge in [-0.1, -0.05) is 19.9 Å². The van der Waals surface area contributed by atoms with Crippen LogP contribution in [0.25, 0.3) is 0 Å². The van der Waals surface area contributed by atoms with Crippen molar-refractivity contribution in [3.05, 3.63) is 12.7 Å². The fourth-order valence-corrected chi connectivity index (χ4v) is 0.610. The first-order valence-corrected chi connectivity index (χ1v) is 5.51. The highest BCUT2D eigenvalue weighted by Crippen LogP contribution is 1.88. The van der Waals surface area contributed by atoms with Crippen LogP contribution in [-0.2, 0) is 14.3 Å². The number of aliphatic carboxylic acids is 1. The minimum absolute atomic E-state index is 0.190. The van der Waals surface area contributed by atoms with Crippen LogP contribution < -0.4 is 5.73 Å². The molecule has 0 aromatic carbocycles. The Kier molecular flexibility index (Phi) is 13.1. The van der Waals surface area contributed by atoms with E-state index in [-0.39, 0.29) is 11.7 Å². The first-order valence-electron chi connectivity index (χ1n) is 4.88. The standard InChI is InChI=1S/C7H12O2.C3H7NO2S/c1-3-5-6-9-7(8)4-2;4-2(1-7)3(5)6/h4H,2-3,5-6H2,1H3;2,7H,1,4H2,(H,5,6)/t;2-/m.0/s1. The van der Waals surface area contributed by atoms with Crippen molar-refractivity contribution in [3.8, 4) is 0 Å². The Balaban J connectivity index is 0. The third-order valence-corrected chi connectivity index (χ3v) is 1.82. The lowest BCUT2D eigenvalue weighted by atomic mass is 10.4. The topological polar surface area (TPSA) is 89.6 Å². The van der Waals surface area contributed by atoms with E-state index in [2.05, 4.69) is 23.9 Å². The van der Waals surface area contributed by atoms with Crippen molar-refractivity contribution >= 4 is 24.6 Å². The Morgan fingerprint density at radius 2 is 2.19 bits per heavy atom. The summed E-state index contributed by atoms with van der Waals surface area (Å²) in [5, 5.41) is 8.01. The average molecular weight is 249 g/mol. The van der Waals surface area contributed by atoms with Gasteiger partial charge in [-0.2, -0.15) is 12.6 Å². The second kappa shape index (κ2) is 12.1. The van der Waals surface area contributed by atoms with E-state index in [1.54, 1.807) is 0 Å². The van der Waals surface area contributed by atoms with Crippen LogP contribution in [0.4, 0.5) is 0 Å². The van der Waals surface area contributed by atoms with E-state index in [0.717, 1.165) is 12.8 Å². The number of carboxylic acid groups (broad SMARTS) is 1. The fourth-order valence-electron chi connectivity index (χ4n) is 0.454. The Morgan fingerprint density at radius 1 is 1.62 bits per heavy atom. The van der Waals surface area contributed by atoms with Gasteiger partial charge in [0.15, 0.2) is 0 Å². The summed E-state index contributed by atoms with van der Waals surface area (Å²) in [4.78, 5) is 20.1. The summed E-state index contributed by atoms with van der Waals surface area (Å²) in [5.74, 6) is -1.14. The van der Waals surface area contributed by atoms with Crippen LogP contribution in [0.3, 0.4) is 0 Å². The van der Waals surface area contributed by atoms with Crippen molar-refractivity contribution in [2.24, 2.45) is 5.73 Å². The zero-order valence-corrected chi connectivity index (χ0v) is 10.3. The summed E-state index contributed by atoms with van der Waals surface area (Å²) in [5.41, 5.74) is 4.94. The van der Waals surface area contributed by atoms with Crippen LogP contribution in [0, 0.1) is 0 Å². The molecule has 0 aliphatic carbocycles. The number of esters is 1. The summed E-state index contributed by atoms with van der Waals surface area (Å²) < 4.78 is 4.67. The van der Waals surface area contributed by atoms with Gasteiger partial charge >= 0.3 is 11.9 Å². The molecule has 0 saturated heterocycles. The molecule has 1 atom stereocenters. The van der Waals surface area contributed by atoms with Crippen LogP contribution in [0.15, 0.2) is 12.7 Å². The van der Waals surface area contributed by atoms with Crippen LogP contribution >= 0.6 is 12.6 Å². The van der Waals surface area contributed by atoms with Gasteiger partial charge in [0.1, 0.15) is 6.04 Å². The first-order chi connectivity index (χ1) is 7.49. The highest BCUT2D eigenvalue weighted by atomic mass is 32.1. The first kappa shape index (κ1) is 17.4. The van der Waals surface area contributed by atoms with E-state index < -0.39 is 12.0 Å². The number of nitrogens with two attached hydrogens (primary N) is 1. The second-order valence-corrected chi connectivity index (χ2v) is 3.22. The minimum Gasteiger partial charge on any atom is -0.480 e. The number of carboxylic acids is 1. The van der Waals surface area contributed by atoms with Crippen molar-refractivity contribution in [1.29, 1.82) is 0 Å². The van der Waals surface area contributed by atoms with E-state index in [1.807, 2.05) is 6.92 Å². The molecule has 0 bridgehead atoms. The Morgan fingerprint density at radius 3 is 2.44 bits per heavy atom. The van der Waals surface area contributed by atoms with Gasteiger partial charge in [-0.25, -0.2) is 4.79 Å². The predicted molar refractivity (Wildman–Crippen MR) is 65.5 cm³/mol. The molecule has 0 saturated carbocycles. The lowest BCUT2D eigenvalue weighted by molar-refractivity contribution is -0.138. The molecule has 0 amide bonds. The summed E-state index contributed by atoms with van der Waals surface area (Å²) in [6, 6.07) is -0.816. The summed E-state index contributed by atoms with van der Waals surface area (Å²) in [7, 11) is 0. The number of hydrogen-bond donors (Lipinski definition) is 3. The van der Waals surface area contributed by atoms with Gasteiger partial charge in [0.2, 0.25) is 0 Å². The summed E-state index contributed by atoms with van der Waals surface area (Å²) >= 11 is 3.65. The maximum atomic E-state index is 10.3. The molecule has 94 valence electrons. The number of ether oxygens (including phenoxy) is 1. The van der Waals surface area contributed by atoms with Crippen molar-refractivity contribution in [2.45, 2.75) is 25.8 Å². The third kappa shape index (κ3) is 13.0. The van der Waals surface area contributed by atoms with Gasteiger partial charge in [0.05, 0.1) is 6.61 Å². The van der Waals surface area contributed by atoms with E-state index in [0.29, 0.717) is 6.61 Å². The lowest BCUT2D eigenvalue weighted by Crippen LogP contribution is -2.31. The fraction of sp³-hybridized carbons (Fsp3) is 0.600. The average Bonchev–Trinajstić information content (AvgIpc) is 2.28. The molecular formula is C10H19NO4S. The number of hydrogen-bond acceptors (Lipinski definition) is 5. The molecule has 3 N–H and O–H groups in total. The quantitative estimate of drug-likeness (QED) is 0.281. The van der Waals surface area contributed by atoms with Crippen LogP contribution in [0.2, 0.25) is 0 Å². The van der Waals surface area contributed by atoms with Crippen LogP contribution in [0.5, 0.6) is 0 Å². The van der Waals surface area contributed by atoms with Gasteiger partial charge < -0.3 is 15.6 Å². The van der Waals surface area contributed by atoms with E-state index in [9.17, 15) is 9.59 Å². The molecule has 0 heterocycles. The zero-order chi connectivity index (χ0) is 13.0. The molecule has 6 heteroatoms. The van der Waals surface area contributed by atoms with Gasteiger partial charge in [0, 0.05) is 11.8 Å². The molecule has 16 heavy (non-hydrogen) atoms. The van der Waals surface area contributed by atoms with Crippen molar-refractivity contribution < 1.29 is 19.4 Å². The summed E-state index contributed by atoms with van der Waals surface area (Å²) in [6.45, 7) is 5.82. The maximum absolute atomic E-state index is 10.3. The number of rotatable bonds is 6. The molecular weight excluding hydrogens is 230 g/mol. The Bertz CT molecular complexity index is 221. The Labute approximate surface area is 101 Å². The van der Waals surface area contributed by atoms with Gasteiger partial charge in [0.25, 0.3) is 0 Å². The van der Waals surface area contributed by atoms with E-state index in [4.69, 9.17) is 10.8 Å². The maximum Gasteiger partial charge on any atom is 0.330 e. The molecule has 0 aromatic heterocycles. The molecule has 0 aliphatic heterocycles. The number of unbranched alkanes of at least 4 members (excludes halogenated alkanes) is 1. The molecule has 0 radical (unpaired) electrons. The molecule has 0 fully saturated rings. The number of carbonyl (C=O) groups is 2. The Hall–Kier alpha value is -1.01. The highest BCUT2D eigenvalue weighted by Gasteiger charge is 2.06. The number of thiol groups is 1. The van der Waals surface area contributed by atoms with Crippen molar-refractivity contribution in [2.75, 3.05) is 12.4 Å². The molecule has 0 aliphatic rings. The van der Waals surface area contributed by atoms with Crippen molar-refractivity contribution in [3.63, 3.8) is 0 Å². The van der Waals surface area contributed by atoms with E-state index in [1.165, 1.54) is 6.08 Å². The SMILES string of the molecule is C=CC(=O)OCCCC.N[C@@H](CS)C(=O)O. The van der Waals surface area contributed by atoms with Gasteiger partial charge in [-0.15, -0.1) is 0 Å². The van der Waals surface area contributed by atoms with Crippen LogP contribution in [-0.4, -0.2) is 35.4 Å².